The van der Waals surface area contributed by atoms with Crippen LogP contribution in [0.2, 0.25) is 0 Å². The molecule has 16 heavy (non-hydrogen) atoms. The predicted molar refractivity (Wildman–Crippen MR) is 72.2 cm³/mol. The molecule has 1 aliphatic carbocycles. The van der Waals surface area contributed by atoms with E-state index in [-0.39, 0.29) is 0 Å². The summed E-state index contributed by atoms with van der Waals surface area (Å²) in [5.41, 5.74) is 0. The maximum Gasteiger partial charge on any atom is 0.0394 e. The molecule has 1 aliphatic rings. The monoisotopic (exact) mass is 245 g/mol. The Balaban J connectivity index is 2.48. The number of nitrogens with one attached hydrogen (secondary N) is 1. The smallest absolute Gasteiger partial charge is 0.0394 e. The summed E-state index contributed by atoms with van der Waals surface area (Å²) in [6.45, 7) is 7.25. The first-order valence-electron chi connectivity index (χ1n) is 6.75. The highest BCUT2D eigenvalue weighted by atomic mass is 32.2. The molecule has 1 fully saturated rings. The van der Waals surface area contributed by atoms with E-state index in [1.54, 1.807) is 0 Å². The molecule has 0 aromatic rings. The van der Waals surface area contributed by atoms with Crippen molar-refractivity contribution in [2.75, 3.05) is 12.3 Å². The highest BCUT2D eigenvalue weighted by Crippen LogP contribution is 2.27. The fourth-order valence-electron chi connectivity index (χ4n) is 2.53. The van der Waals surface area contributed by atoms with E-state index < -0.39 is 10.8 Å². The van der Waals surface area contributed by atoms with E-state index in [9.17, 15) is 4.21 Å². The van der Waals surface area contributed by atoms with Crippen LogP contribution in [-0.2, 0) is 10.8 Å². The van der Waals surface area contributed by atoms with Gasteiger partial charge in [0.15, 0.2) is 0 Å². The molecular formula is C13H27NOS. The Labute approximate surface area is 103 Å². The van der Waals surface area contributed by atoms with Crippen molar-refractivity contribution in [2.45, 2.75) is 64.2 Å². The Morgan fingerprint density at radius 2 is 1.88 bits per heavy atom. The van der Waals surface area contributed by atoms with Gasteiger partial charge in [-0.1, -0.05) is 40.0 Å². The normalized spacial score (nSPS) is 22.2. The minimum atomic E-state index is -0.667. The highest BCUT2D eigenvalue weighted by Gasteiger charge is 2.25. The summed E-state index contributed by atoms with van der Waals surface area (Å²) in [5.74, 6) is 1.60. The van der Waals surface area contributed by atoms with Crippen LogP contribution in [0.3, 0.4) is 0 Å². The molecule has 1 rings (SSSR count). The van der Waals surface area contributed by atoms with Crippen molar-refractivity contribution in [1.82, 2.24) is 5.32 Å². The van der Waals surface area contributed by atoms with Crippen LogP contribution >= 0.6 is 0 Å². The van der Waals surface area contributed by atoms with Crippen molar-refractivity contribution >= 4 is 10.8 Å². The zero-order chi connectivity index (χ0) is 12.0. The molecule has 0 aliphatic heterocycles. The van der Waals surface area contributed by atoms with Crippen LogP contribution in [0, 0.1) is 5.92 Å². The lowest BCUT2D eigenvalue weighted by atomic mass is 9.84. The molecule has 0 aromatic carbocycles. The van der Waals surface area contributed by atoms with E-state index in [4.69, 9.17) is 0 Å². The van der Waals surface area contributed by atoms with Crippen molar-refractivity contribution < 1.29 is 4.21 Å². The summed E-state index contributed by atoms with van der Waals surface area (Å²) in [6.07, 6.45) is 6.77. The topological polar surface area (TPSA) is 29.1 Å². The van der Waals surface area contributed by atoms with Gasteiger partial charge in [-0.3, -0.25) is 4.21 Å². The SMILES string of the molecule is CCNC(CS(=O)C(C)C)C1CCCCC1. The molecule has 3 heteroatoms. The van der Waals surface area contributed by atoms with Crippen molar-refractivity contribution in [1.29, 1.82) is 0 Å². The Kier molecular flexibility index (Phi) is 6.59. The summed E-state index contributed by atoms with van der Waals surface area (Å²) in [7, 11) is -0.667. The molecular weight excluding hydrogens is 218 g/mol. The summed E-state index contributed by atoms with van der Waals surface area (Å²) < 4.78 is 11.9. The Morgan fingerprint density at radius 1 is 1.25 bits per heavy atom. The molecule has 0 aromatic heterocycles. The van der Waals surface area contributed by atoms with Gasteiger partial charge in [-0.2, -0.15) is 0 Å². The van der Waals surface area contributed by atoms with Gasteiger partial charge in [0.1, 0.15) is 0 Å². The van der Waals surface area contributed by atoms with Gasteiger partial charge in [-0.05, 0) is 25.3 Å². The predicted octanol–water partition coefficient (Wildman–Crippen LogP) is 2.70. The second kappa shape index (κ2) is 7.44. The zero-order valence-corrected chi connectivity index (χ0v) is 11.8. The van der Waals surface area contributed by atoms with Crippen LogP contribution in [0.4, 0.5) is 0 Å². The first kappa shape index (κ1) is 14.2. The molecule has 0 heterocycles. The second-order valence-electron chi connectivity index (χ2n) is 5.16. The minimum Gasteiger partial charge on any atom is -0.313 e. The average molecular weight is 245 g/mol. The zero-order valence-electron chi connectivity index (χ0n) is 11.0. The molecule has 2 atom stereocenters. The van der Waals surface area contributed by atoms with Gasteiger partial charge in [-0.25, -0.2) is 0 Å². The fourth-order valence-corrected chi connectivity index (χ4v) is 3.66. The van der Waals surface area contributed by atoms with E-state index in [0.717, 1.165) is 18.2 Å². The molecule has 0 amide bonds. The standard InChI is InChI=1S/C13H27NOS/c1-4-14-13(10-16(15)11(2)3)12-8-6-5-7-9-12/h11-14H,4-10H2,1-3H3. The number of rotatable bonds is 6. The second-order valence-corrected chi connectivity index (χ2v) is 7.20. The maximum atomic E-state index is 11.9. The van der Waals surface area contributed by atoms with Crippen LogP contribution in [0.25, 0.3) is 0 Å². The molecule has 0 saturated heterocycles. The largest absolute Gasteiger partial charge is 0.313 e. The van der Waals surface area contributed by atoms with Gasteiger partial charge in [0.2, 0.25) is 0 Å². The van der Waals surface area contributed by atoms with E-state index >= 15 is 0 Å². The number of hydrogen-bond donors (Lipinski definition) is 1. The van der Waals surface area contributed by atoms with Crippen LogP contribution < -0.4 is 5.32 Å². The van der Waals surface area contributed by atoms with E-state index in [1.165, 1.54) is 32.1 Å². The molecule has 2 unspecified atom stereocenters. The summed E-state index contributed by atoms with van der Waals surface area (Å²) in [5, 5.41) is 3.84. The third-order valence-electron chi connectivity index (χ3n) is 3.55. The van der Waals surface area contributed by atoms with E-state index in [2.05, 4.69) is 26.1 Å². The number of hydrogen-bond acceptors (Lipinski definition) is 2. The molecule has 1 N–H and O–H groups in total. The third-order valence-corrected chi connectivity index (χ3v) is 5.29. The van der Waals surface area contributed by atoms with Gasteiger partial charge in [0, 0.05) is 27.8 Å². The van der Waals surface area contributed by atoms with Gasteiger partial charge in [0.25, 0.3) is 0 Å². The van der Waals surface area contributed by atoms with Crippen molar-refractivity contribution in [3.8, 4) is 0 Å². The Morgan fingerprint density at radius 3 is 2.38 bits per heavy atom. The van der Waals surface area contributed by atoms with Crippen LogP contribution in [0.15, 0.2) is 0 Å². The third kappa shape index (κ3) is 4.54. The Hall–Kier alpha value is 0.110. The Bertz CT molecular complexity index is 212. The quantitative estimate of drug-likeness (QED) is 0.779. The van der Waals surface area contributed by atoms with Crippen molar-refractivity contribution in [2.24, 2.45) is 5.92 Å². The molecule has 1 saturated carbocycles. The first-order chi connectivity index (χ1) is 7.65. The van der Waals surface area contributed by atoms with Gasteiger partial charge in [0.05, 0.1) is 0 Å². The van der Waals surface area contributed by atoms with Gasteiger partial charge < -0.3 is 5.32 Å². The summed E-state index contributed by atoms with van der Waals surface area (Å²) in [4.78, 5) is 0. The molecule has 0 spiro atoms. The van der Waals surface area contributed by atoms with Crippen LogP contribution in [-0.4, -0.2) is 27.8 Å². The average Bonchev–Trinajstić information content (AvgIpc) is 2.29. The lowest BCUT2D eigenvalue weighted by molar-refractivity contribution is 0.287. The summed E-state index contributed by atoms with van der Waals surface area (Å²) >= 11 is 0. The molecule has 0 bridgehead atoms. The van der Waals surface area contributed by atoms with Gasteiger partial charge in [-0.15, -0.1) is 0 Å². The first-order valence-corrected chi connectivity index (χ1v) is 8.14. The van der Waals surface area contributed by atoms with E-state index in [0.29, 0.717) is 11.3 Å². The molecule has 2 nitrogen and oxygen atoms in total. The summed E-state index contributed by atoms with van der Waals surface area (Å²) in [6, 6.07) is 0.480. The lowest BCUT2D eigenvalue weighted by Gasteiger charge is -2.31. The molecule has 0 radical (unpaired) electrons. The van der Waals surface area contributed by atoms with Gasteiger partial charge >= 0.3 is 0 Å². The van der Waals surface area contributed by atoms with Crippen molar-refractivity contribution in [3.63, 3.8) is 0 Å². The maximum absolute atomic E-state index is 11.9. The highest BCUT2D eigenvalue weighted by molar-refractivity contribution is 7.85. The van der Waals surface area contributed by atoms with E-state index in [1.807, 2.05) is 0 Å². The fraction of sp³-hybridized carbons (Fsp3) is 1.00. The lowest BCUT2D eigenvalue weighted by Crippen LogP contribution is -2.42. The van der Waals surface area contributed by atoms with Crippen LogP contribution in [0.1, 0.15) is 52.9 Å². The molecule has 96 valence electrons. The van der Waals surface area contributed by atoms with Crippen molar-refractivity contribution in [3.05, 3.63) is 0 Å². The van der Waals surface area contributed by atoms with Crippen LogP contribution in [0.5, 0.6) is 0 Å². The minimum absolute atomic E-state index is 0.296.